The molecule has 5 heteroatoms. The molecule has 0 atom stereocenters. The van der Waals surface area contributed by atoms with Gasteiger partial charge in [-0.25, -0.2) is 4.79 Å². The van der Waals surface area contributed by atoms with Gasteiger partial charge >= 0.3 is 6.09 Å². The van der Waals surface area contributed by atoms with Gasteiger partial charge in [0.05, 0.1) is 5.60 Å². The zero-order chi connectivity index (χ0) is 17.5. The molecule has 0 spiro atoms. The molecule has 0 aliphatic carbocycles. The minimum atomic E-state index is -0.800. The third-order valence-electron chi connectivity index (χ3n) is 4.55. The second kappa shape index (κ2) is 8.03. The first kappa shape index (κ1) is 17.3. The van der Waals surface area contributed by atoms with Crippen LogP contribution in [-0.2, 0) is 11.3 Å². The molecule has 1 heterocycles. The van der Waals surface area contributed by atoms with Crippen molar-refractivity contribution in [3.63, 3.8) is 0 Å². The van der Waals surface area contributed by atoms with Crippen molar-refractivity contribution in [2.75, 3.05) is 25.0 Å². The predicted molar refractivity (Wildman–Crippen MR) is 97.3 cm³/mol. The zero-order valence-electron chi connectivity index (χ0n) is 14.2. The highest BCUT2D eigenvalue weighted by molar-refractivity contribution is 5.67. The van der Waals surface area contributed by atoms with E-state index in [4.69, 9.17) is 4.74 Å². The number of carbonyl (C=O) groups is 1. The fourth-order valence-corrected chi connectivity index (χ4v) is 2.92. The Morgan fingerprint density at radius 3 is 2.28 bits per heavy atom. The van der Waals surface area contributed by atoms with E-state index in [9.17, 15) is 9.90 Å². The molecule has 1 aliphatic heterocycles. The Balaban J connectivity index is 1.43. The van der Waals surface area contributed by atoms with Crippen LogP contribution in [-0.4, -0.2) is 41.3 Å². The van der Waals surface area contributed by atoms with E-state index in [0.717, 1.165) is 11.3 Å². The van der Waals surface area contributed by atoms with E-state index in [0.29, 0.717) is 32.5 Å². The number of carbonyl (C=O) groups excluding carboxylic acids is 1. The van der Waals surface area contributed by atoms with Crippen molar-refractivity contribution in [3.05, 3.63) is 66.2 Å². The van der Waals surface area contributed by atoms with E-state index in [1.54, 1.807) is 4.90 Å². The number of piperidine rings is 1. The molecule has 2 N–H and O–H groups in total. The SMILES string of the molecule is O=C(OCc1ccccc1)N1CCC(O)(CNc2ccccc2)CC1. The predicted octanol–water partition coefficient (Wildman–Crippen LogP) is 3.26. The minimum Gasteiger partial charge on any atom is -0.445 e. The quantitative estimate of drug-likeness (QED) is 0.877. The number of likely N-dealkylation sites (tertiary alicyclic amines) is 1. The normalized spacial score (nSPS) is 16.3. The summed E-state index contributed by atoms with van der Waals surface area (Å²) in [7, 11) is 0. The second-order valence-corrected chi connectivity index (χ2v) is 6.47. The van der Waals surface area contributed by atoms with Crippen molar-refractivity contribution in [3.8, 4) is 0 Å². The van der Waals surface area contributed by atoms with E-state index in [-0.39, 0.29) is 12.7 Å². The first-order chi connectivity index (χ1) is 12.1. The number of hydrogen-bond acceptors (Lipinski definition) is 4. The van der Waals surface area contributed by atoms with Gasteiger partial charge in [-0.2, -0.15) is 0 Å². The van der Waals surface area contributed by atoms with Gasteiger partial charge in [0.1, 0.15) is 6.61 Å². The third kappa shape index (κ3) is 4.97. The molecular formula is C20H24N2O3. The number of amides is 1. The molecule has 5 nitrogen and oxygen atoms in total. The maximum Gasteiger partial charge on any atom is 0.410 e. The molecule has 1 amide bonds. The summed E-state index contributed by atoms with van der Waals surface area (Å²) in [6, 6.07) is 19.4. The summed E-state index contributed by atoms with van der Waals surface area (Å²) in [5.74, 6) is 0. The van der Waals surface area contributed by atoms with E-state index in [1.807, 2.05) is 60.7 Å². The number of rotatable bonds is 5. The summed E-state index contributed by atoms with van der Waals surface area (Å²) in [6.45, 7) is 1.75. The Morgan fingerprint density at radius 2 is 1.64 bits per heavy atom. The fraction of sp³-hybridized carbons (Fsp3) is 0.350. The first-order valence-electron chi connectivity index (χ1n) is 8.62. The summed E-state index contributed by atoms with van der Waals surface area (Å²) in [5.41, 5.74) is 1.16. The van der Waals surface area contributed by atoms with Crippen LogP contribution in [0.15, 0.2) is 60.7 Å². The average Bonchev–Trinajstić information content (AvgIpc) is 2.67. The molecular weight excluding hydrogens is 316 g/mol. The van der Waals surface area contributed by atoms with E-state index in [2.05, 4.69) is 5.32 Å². The van der Waals surface area contributed by atoms with E-state index < -0.39 is 5.60 Å². The number of benzene rings is 2. The first-order valence-corrected chi connectivity index (χ1v) is 8.62. The van der Waals surface area contributed by atoms with Gasteiger partial charge in [-0.3, -0.25) is 0 Å². The maximum atomic E-state index is 12.2. The van der Waals surface area contributed by atoms with Gasteiger partial charge in [0.15, 0.2) is 0 Å². The highest BCUT2D eigenvalue weighted by Gasteiger charge is 2.34. The largest absolute Gasteiger partial charge is 0.445 e. The molecule has 0 bridgehead atoms. The molecule has 1 aliphatic rings. The topological polar surface area (TPSA) is 61.8 Å². The fourth-order valence-electron chi connectivity index (χ4n) is 2.92. The molecule has 0 unspecified atom stereocenters. The summed E-state index contributed by atoms with van der Waals surface area (Å²) in [6.07, 6.45) is 0.752. The summed E-state index contributed by atoms with van der Waals surface area (Å²) in [5, 5.41) is 14.0. The number of nitrogens with one attached hydrogen (secondary N) is 1. The van der Waals surface area contributed by atoms with Crippen LogP contribution in [0.3, 0.4) is 0 Å². The van der Waals surface area contributed by atoms with Crippen LogP contribution in [0.1, 0.15) is 18.4 Å². The Bertz CT molecular complexity index is 668. The Morgan fingerprint density at radius 1 is 1.04 bits per heavy atom. The molecule has 0 saturated carbocycles. The minimum absolute atomic E-state index is 0.274. The summed E-state index contributed by atoms with van der Waals surface area (Å²) in [4.78, 5) is 13.8. The molecule has 132 valence electrons. The van der Waals surface area contributed by atoms with Crippen LogP contribution in [0.4, 0.5) is 10.5 Å². The Kier molecular flexibility index (Phi) is 5.56. The van der Waals surface area contributed by atoms with Crippen LogP contribution < -0.4 is 5.32 Å². The van der Waals surface area contributed by atoms with Gasteiger partial charge < -0.3 is 20.1 Å². The van der Waals surface area contributed by atoms with Crippen molar-refractivity contribution in [1.29, 1.82) is 0 Å². The van der Waals surface area contributed by atoms with Crippen LogP contribution >= 0.6 is 0 Å². The van der Waals surface area contributed by atoms with Crippen LogP contribution in [0.2, 0.25) is 0 Å². The molecule has 1 fully saturated rings. The molecule has 1 saturated heterocycles. The maximum absolute atomic E-state index is 12.2. The highest BCUT2D eigenvalue weighted by atomic mass is 16.6. The smallest absolute Gasteiger partial charge is 0.410 e. The van der Waals surface area contributed by atoms with Gasteiger partial charge in [0.25, 0.3) is 0 Å². The standard InChI is InChI=1S/C20H24N2O3/c23-19(25-15-17-7-3-1-4-8-17)22-13-11-20(24,12-14-22)16-21-18-9-5-2-6-10-18/h1-10,21,24H,11-16H2. The van der Waals surface area contributed by atoms with Crippen molar-refractivity contribution in [1.82, 2.24) is 4.90 Å². The Labute approximate surface area is 148 Å². The third-order valence-corrected chi connectivity index (χ3v) is 4.55. The zero-order valence-corrected chi connectivity index (χ0v) is 14.2. The molecule has 0 radical (unpaired) electrons. The number of hydrogen-bond donors (Lipinski definition) is 2. The van der Waals surface area contributed by atoms with Gasteiger partial charge in [0.2, 0.25) is 0 Å². The van der Waals surface area contributed by atoms with Crippen molar-refractivity contribution in [2.45, 2.75) is 25.0 Å². The van der Waals surface area contributed by atoms with Gasteiger partial charge in [-0.05, 0) is 30.5 Å². The highest BCUT2D eigenvalue weighted by Crippen LogP contribution is 2.23. The molecule has 2 aromatic carbocycles. The van der Waals surface area contributed by atoms with E-state index in [1.165, 1.54) is 0 Å². The number of nitrogens with zero attached hydrogens (tertiary/aromatic N) is 1. The van der Waals surface area contributed by atoms with Gasteiger partial charge in [-0.15, -0.1) is 0 Å². The average molecular weight is 340 g/mol. The van der Waals surface area contributed by atoms with Gasteiger partial charge in [0, 0.05) is 25.3 Å². The molecule has 2 aromatic rings. The molecule has 3 rings (SSSR count). The lowest BCUT2D eigenvalue weighted by molar-refractivity contribution is -0.0110. The lowest BCUT2D eigenvalue weighted by atomic mass is 9.91. The molecule has 0 aromatic heterocycles. The monoisotopic (exact) mass is 340 g/mol. The Hall–Kier alpha value is -2.53. The van der Waals surface area contributed by atoms with Crippen molar-refractivity contribution in [2.24, 2.45) is 0 Å². The number of ether oxygens (including phenoxy) is 1. The van der Waals surface area contributed by atoms with E-state index >= 15 is 0 Å². The summed E-state index contributed by atoms with van der Waals surface area (Å²) < 4.78 is 5.35. The molecule has 25 heavy (non-hydrogen) atoms. The number of anilines is 1. The van der Waals surface area contributed by atoms with Crippen molar-refractivity contribution >= 4 is 11.8 Å². The number of para-hydroxylation sites is 1. The summed E-state index contributed by atoms with van der Waals surface area (Å²) >= 11 is 0. The van der Waals surface area contributed by atoms with Crippen molar-refractivity contribution < 1.29 is 14.6 Å². The van der Waals surface area contributed by atoms with Crippen LogP contribution in [0.25, 0.3) is 0 Å². The van der Waals surface area contributed by atoms with Crippen LogP contribution in [0.5, 0.6) is 0 Å². The number of aliphatic hydroxyl groups is 1. The van der Waals surface area contributed by atoms with Gasteiger partial charge in [-0.1, -0.05) is 48.5 Å². The lowest BCUT2D eigenvalue weighted by Gasteiger charge is -2.37. The second-order valence-electron chi connectivity index (χ2n) is 6.47. The van der Waals surface area contributed by atoms with Crippen LogP contribution in [0, 0.1) is 0 Å². The lowest BCUT2D eigenvalue weighted by Crippen LogP contribution is -2.50.